The van der Waals surface area contributed by atoms with E-state index in [-0.39, 0.29) is 33.5 Å². The Morgan fingerprint density at radius 1 is 0.906 bits per heavy atom. The molecule has 0 N–H and O–H groups in total. The fourth-order valence-electron chi connectivity index (χ4n) is 3.09. The Morgan fingerprint density at radius 3 is 2.25 bits per heavy atom. The second-order valence-electron chi connectivity index (χ2n) is 7.40. The smallest absolute Gasteiger partial charge is 0.247 e. The average Bonchev–Trinajstić information content (AvgIpc) is 2.77. The van der Waals surface area contributed by atoms with Crippen molar-refractivity contribution in [2.45, 2.75) is 11.4 Å². The van der Waals surface area contributed by atoms with E-state index >= 15 is 0 Å². The summed E-state index contributed by atoms with van der Waals surface area (Å²) in [6.07, 6.45) is 0. The van der Waals surface area contributed by atoms with E-state index < -0.39 is 10.0 Å². The lowest BCUT2D eigenvalue weighted by Gasteiger charge is -2.25. The van der Waals surface area contributed by atoms with Crippen LogP contribution in [0.2, 0.25) is 5.02 Å². The maximum Gasteiger partial charge on any atom is 0.247 e. The maximum absolute atomic E-state index is 13.7. The molecule has 0 atom stereocenters. The van der Waals surface area contributed by atoms with Crippen LogP contribution in [-0.2, 0) is 16.6 Å². The number of sulfonamides is 1. The molecule has 166 valence electrons. The van der Waals surface area contributed by atoms with Crippen molar-refractivity contribution in [1.29, 1.82) is 5.26 Å². The molecule has 3 rings (SSSR count). The van der Waals surface area contributed by atoms with Crippen LogP contribution in [0.1, 0.15) is 11.1 Å². The fraction of sp³-hybridized carbons (Fsp3) is 0.208. The van der Waals surface area contributed by atoms with Crippen molar-refractivity contribution in [2.24, 2.45) is 0 Å². The highest BCUT2D eigenvalue weighted by atomic mass is 35.5. The molecule has 0 aromatic heterocycles. The van der Waals surface area contributed by atoms with E-state index in [1.54, 1.807) is 36.4 Å². The van der Waals surface area contributed by atoms with Crippen LogP contribution in [0.3, 0.4) is 0 Å². The highest BCUT2D eigenvalue weighted by Crippen LogP contribution is 2.34. The summed E-state index contributed by atoms with van der Waals surface area (Å²) in [7, 11) is -0.118. The first-order valence-corrected chi connectivity index (χ1v) is 11.8. The molecule has 6 nitrogen and oxygen atoms in total. The number of hydrogen-bond acceptors (Lipinski definition) is 5. The first-order chi connectivity index (χ1) is 15.3. The summed E-state index contributed by atoms with van der Waals surface area (Å²) in [5, 5.41) is 9.67. The molecule has 0 saturated heterocycles. The third kappa shape index (κ3) is 5.67. The number of ether oxygens (including phenoxy) is 1. The quantitative estimate of drug-likeness (QED) is 0.452. The Balaban J connectivity index is 2.01. The van der Waals surface area contributed by atoms with Gasteiger partial charge < -0.3 is 9.64 Å². The number of likely N-dealkylation sites (N-methyl/N-ethyl adjacent to an activating group) is 1. The first kappa shape index (κ1) is 23.8. The molecule has 0 bridgehead atoms. The van der Waals surface area contributed by atoms with Crippen molar-refractivity contribution in [3.05, 3.63) is 88.9 Å². The lowest BCUT2D eigenvalue weighted by Crippen LogP contribution is -2.36. The van der Waals surface area contributed by atoms with Gasteiger partial charge in [0.25, 0.3) is 0 Å². The molecule has 0 fully saturated rings. The summed E-state index contributed by atoms with van der Waals surface area (Å²) >= 11 is 6.10. The third-order valence-corrected chi connectivity index (χ3v) is 6.97. The van der Waals surface area contributed by atoms with Crippen molar-refractivity contribution in [3.8, 4) is 17.6 Å². The zero-order valence-electron chi connectivity index (χ0n) is 17.9. The normalized spacial score (nSPS) is 11.5. The monoisotopic (exact) mass is 469 g/mol. The molecule has 3 aromatic rings. The predicted molar refractivity (Wildman–Crippen MR) is 125 cm³/mol. The summed E-state index contributed by atoms with van der Waals surface area (Å²) in [6, 6.07) is 22.7. The second-order valence-corrected chi connectivity index (χ2v) is 9.71. The molecule has 8 heteroatoms. The lowest BCUT2D eigenvalue weighted by molar-refractivity contribution is 0.328. The van der Waals surface area contributed by atoms with E-state index in [9.17, 15) is 13.7 Å². The van der Waals surface area contributed by atoms with Gasteiger partial charge in [-0.3, -0.25) is 0 Å². The second kappa shape index (κ2) is 10.6. The van der Waals surface area contributed by atoms with Crippen LogP contribution in [0, 0.1) is 11.3 Å². The number of hydrogen-bond donors (Lipinski definition) is 0. The highest BCUT2D eigenvalue weighted by molar-refractivity contribution is 7.89. The minimum absolute atomic E-state index is 0.0264. The Morgan fingerprint density at radius 2 is 1.56 bits per heavy atom. The average molecular weight is 470 g/mol. The molecule has 32 heavy (non-hydrogen) atoms. The standard InChI is InChI=1S/C24H24ClN3O3S/c1-27(2)15-16-28(18-19-9-4-3-5-10-19)32(29,30)24-14-7-6-12-23(24)31-22-13-8-11-21(25)20(22)17-26/h3-14H,15-16,18H2,1-2H3. The number of benzene rings is 3. The van der Waals surface area contributed by atoms with Crippen molar-refractivity contribution in [1.82, 2.24) is 9.21 Å². The van der Waals surface area contributed by atoms with Gasteiger partial charge in [0.2, 0.25) is 10.0 Å². The van der Waals surface area contributed by atoms with Gasteiger partial charge in [0, 0.05) is 19.6 Å². The van der Waals surface area contributed by atoms with Crippen LogP contribution in [0.15, 0.2) is 77.7 Å². The summed E-state index contributed by atoms with van der Waals surface area (Å²) < 4.78 is 34.8. The molecular weight excluding hydrogens is 446 g/mol. The minimum atomic E-state index is -3.91. The summed E-state index contributed by atoms with van der Waals surface area (Å²) in [6.45, 7) is 1.09. The van der Waals surface area contributed by atoms with Gasteiger partial charge in [-0.05, 0) is 43.9 Å². The summed E-state index contributed by atoms with van der Waals surface area (Å²) in [5.74, 6) is 0.333. The van der Waals surface area contributed by atoms with Crippen molar-refractivity contribution in [3.63, 3.8) is 0 Å². The van der Waals surface area contributed by atoms with Gasteiger partial charge in [-0.2, -0.15) is 9.57 Å². The maximum atomic E-state index is 13.7. The molecule has 0 aliphatic carbocycles. The van der Waals surface area contributed by atoms with Gasteiger partial charge in [-0.1, -0.05) is 60.1 Å². The molecule has 0 aliphatic heterocycles. The van der Waals surface area contributed by atoms with E-state index in [0.29, 0.717) is 13.1 Å². The number of para-hydroxylation sites is 1. The molecule has 3 aromatic carbocycles. The predicted octanol–water partition coefficient (Wildman–Crippen LogP) is 4.76. The number of halogens is 1. The lowest BCUT2D eigenvalue weighted by atomic mass is 10.2. The zero-order chi connectivity index (χ0) is 23.1. The highest BCUT2D eigenvalue weighted by Gasteiger charge is 2.28. The van der Waals surface area contributed by atoms with Crippen molar-refractivity contribution >= 4 is 21.6 Å². The molecule has 0 heterocycles. The molecule has 0 amide bonds. The fourth-order valence-corrected chi connectivity index (χ4v) is 4.83. The van der Waals surface area contributed by atoms with E-state index in [1.807, 2.05) is 55.4 Å². The van der Waals surface area contributed by atoms with Crippen molar-refractivity contribution < 1.29 is 13.2 Å². The van der Waals surface area contributed by atoms with Gasteiger partial charge in [0.05, 0.1) is 5.02 Å². The molecule has 0 radical (unpaired) electrons. The van der Waals surface area contributed by atoms with E-state index in [0.717, 1.165) is 5.56 Å². The van der Waals surface area contributed by atoms with E-state index in [1.165, 1.54) is 10.4 Å². The van der Waals surface area contributed by atoms with Gasteiger partial charge in [0.15, 0.2) is 0 Å². The van der Waals surface area contributed by atoms with Crippen molar-refractivity contribution in [2.75, 3.05) is 27.2 Å². The van der Waals surface area contributed by atoms with Gasteiger partial charge in [0.1, 0.15) is 28.0 Å². The Labute approximate surface area is 194 Å². The molecule has 0 aliphatic rings. The van der Waals surface area contributed by atoms with E-state index in [2.05, 4.69) is 0 Å². The third-order valence-electron chi connectivity index (χ3n) is 4.77. The number of rotatable bonds is 9. The topological polar surface area (TPSA) is 73.6 Å². The van der Waals surface area contributed by atoms with Crippen LogP contribution in [0.25, 0.3) is 0 Å². The number of nitrogens with zero attached hydrogens (tertiary/aromatic N) is 3. The number of nitriles is 1. The molecule has 0 spiro atoms. The zero-order valence-corrected chi connectivity index (χ0v) is 19.5. The largest absolute Gasteiger partial charge is 0.454 e. The Bertz CT molecular complexity index is 1210. The van der Waals surface area contributed by atoms with Crippen LogP contribution in [-0.4, -0.2) is 44.8 Å². The van der Waals surface area contributed by atoms with Gasteiger partial charge >= 0.3 is 0 Å². The van der Waals surface area contributed by atoms with Crippen LogP contribution in [0.5, 0.6) is 11.5 Å². The molecule has 0 unspecified atom stereocenters. The van der Waals surface area contributed by atoms with Gasteiger partial charge in [-0.25, -0.2) is 8.42 Å². The van der Waals surface area contributed by atoms with Gasteiger partial charge in [-0.15, -0.1) is 0 Å². The first-order valence-electron chi connectivity index (χ1n) is 9.97. The van der Waals surface area contributed by atoms with E-state index in [4.69, 9.17) is 16.3 Å². The minimum Gasteiger partial charge on any atom is -0.454 e. The van der Waals surface area contributed by atoms with Crippen LogP contribution < -0.4 is 4.74 Å². The Kier molecular flexibility index (Phi) is 7.89. The SMILES string of the molecule is CN(C)CCN(Cc1ccccc1)S(=O)(=O)c1ccccc1Oc1cccc(Cl)c1C#N. The Hall–Kier alpha value is -2.89. The summed E-state index contributed by atoms with van der Waals surface area (Å²) in [5.41, 5.74) is 1.03. The molecule has 0 saturated carbocycles. The van der Waals surface area contributed by atoms with Crippen LogP contribution in [0.4, 0.5) is 0 Å². The summed E-state index contributed by atoms with van der Waals surface area (Å²) in [4.78, 5) is 1.96. The van der Waals surface area contributed by atoms with Crippen LogP contribution >= 0.6 is 11.6 Å². The molecular formula is C24H24ClN3O3S.